The molecule has 0 spiro atoms. The predicted molar refractivity (Wildman–Crippen MR) is 246 cm³/mol. The van der Waals surface area contributed by atoms with Crippen LogP contribution < -0.4 is 0 Å². The van der Waals surface area contributed by atoms with Gasteiger partial charge in [0.2, 0.25) is 0 Å². The largest absolute Gasteiger partial charge is 0.466 e. The topological polar surface area (TPSA) is 52.6 Å². The second kappa shape index (κ2) is 49.8. The molecule has 0 unspecified atom stereocenters. The van der Waals surface area contributed by atoms with Crippen molar-refractivity contribution in [1.82, 2.24) is 0 Å². The number of allylic oxidation sites excluding steroid dienone is 1. The van der Waals surface area contributed by atoms with E-state index in [-0.39, 0.29) is 11.9 Å². The molecule has 0 aromatic carbocycles. The van der Waals surface area contributed by atoms with Gasteiger partial charge in [0.05, 0.1) is 13.2 Å². The van der Waals surface area contributed by atoms with Crippen molar-refractivity contribution in [3.05, 3.63) is 12.2 Å². The lowest BCUT2D eigenvalue weighted by atomic mass is 10.0. The monoisotopic (exact) mass is 789 g/mol. The lowest BCUT2D eigenvalue weighted by molar-refractivity contribution is -0.144. The summed E-state index contributed by atoms with van der Waals surface area (Å²) in [5.74, 6) is -0.152. The summed E-state index contributed by atoms with van der Waals surface area (Å²) in [6.07, 6.45) is 60.9. The standard InChI is InChI=1S/C52H100O4/c1-3-5-7-9-11-13-15-17-25-29-33-37-41-45-49-55-51(53)47-43-39-35-31-27-23-21-19-20-22-24-28-32-36-40-44-48-52(54)56-50-46-42-38-34-30-26-18-16-14-12-10-8-6-4-2/h43,47H,3-42,44-46,48-50H2,1-2H3. The number of unbranched alkanes of at least 4 members (excludes halogenated alkanes) is 40. The zero-order chi connectivity index (χ0) is 40.5. The normalized spacial score (nSPS) is 11.5. The van der Waals surface area contributed by atoms with Gasteiger partial charge in [0, 0.05) is 12.5 Å². The van der Waals surface area contributed by atoms with E-state index in [1.54, 1.807) is 6.08 Å². The summed E-state index contributed by atoms with van der Waals surface area (Å²) in [5.41, 5.74) is 0. The molecule has 0 saturated heterocycles. The highest BCUT2D eigenvalue weighted by molar-refractivity contribution is 5.81. The van der Waals surface area contributed by atoms with E-state index in [0.29, 0.717) is 19.6 Å². The minimum atomic E-state index is -0.165. The summed E-state index contributed by atoms with van der Waals surface area (Å²) in [5, 5.41) is 0. The molecule has 0 amide bonds. The Labute approximate surface area is 351 Å². The molecule has 0 N–H and O–H groups in total. The van der Waals surface area contributed by atoms with E-state index in [0.717, 1.165) is 32.1 Å². The van der Waals surface area contributed by atoms with Crippen molar-refractivity contribution in [3.8, 4) is 0 Å². The maximum atomic E-state index is 12.0. The Morgan fingerprint density at radius 2 is 0.589 bits per heavy atom. The lowest BCUT2D eigenvalue weighted by Crippen LogP contribution is -2.05. The number of hydrogen-bond donors (Lipinski definition) is 0. The maximum Gasteiger partial charge on any atom is 0.330 e. The smallest absolute Gasteiger partial charge is 0.330 e. The zero-order valence-corrected chi connectivity index (χ0v) is 38.3. The fourth-order valence-electron chi connectivity index (χ4n) is 7.90. The van der Waals surface area contributed by atoms with Crippen molar-refractivity contribution in [2.24, 2.45) is 0 Å². The van der Waals surface area contributed by atoms with Crippen molar-refractivity contribution in [2.45, 2.75) is 296 Å². The van der Waals surface area contributed by atoms with Gasteiger partial charge in [-0.15, -0.1) is 0 Å². The van der Waals surface area contributed by atoms with Crippen LogP contribution in [-0.4, -0.2) is 25.2 Å². The van der Waals surface area contributed by atoms with Crippen LogP contribution in [0.5, 0.6) is 0 Å². The molecule has 0 aliphatic rings. The highest BCUT2D eigenvalue weighted by Gasteiger charge is 2.03. The van der Waals surface area contributed by atoms with Crippen LogP contribution in [0.2, 0.25) is 0 Å². The fraction of sp³-hybridized carbons (Fsp3) is 0.923. The third-order valence-electron chi connectivity index (χ3n) is 11.8. The number of carbonyl (C=O) groups is 2. The Morgan fingerprint density at radius 3 is 0.929 bits per heavy atom. The summed E-state index contributed by atoms with van der Waals surface area (Å²) in [4.78, 5) is 24.0. The SMILES string of the molecule is CCCCCCCCCCCCCCCCOC(=O)C=CCCCCCCCCCCCCCCCCC(=O)OCCCCCCCCCCCCCCCC. The third kappa shape index (κ3) is 48.8. The molecular weight excluding hydrogens is 689 g/mol. The number of hydrogen-bond acceptors (Lipinski definition) is 4. The Balaban J connectivity index is 3.24. The van der Waals surface area contributed by atoms with Crippen LogP contribution in [0.25, 0.3) is 0 Å². The second-order valence-electron chi connectivity index (χ2n) is 17.5. The molecule has 4 heteroatoms. The van der Waals surface area contributed by atoms with Gasteiger partial charge in [-0.1, -0.05) is 264 Å². The minimum absolute atomic E-state index is 0.0130. The highest BCUT2D eigenvalue weighted by Crippen LogP contribution is 2.16. The Bertz CT molecular complexity index is 792. The van der Waals surface area contributed by atoms with E-state index in [4.69, 9.17) is 9.47 Å². The quantitative estimate of drug-likeness (QED) is 0.0350. The van der Waals surface area contributed by atoms with Crippen LogP contribution in [0.1, 0.15) is 296 Å². The summed E-state index contributed by atoms with van der Waals surface area (Å²) < 4.78 is 10.8. The summed E-state index contributed by atoms with van der Waals surface area (Å²) >= 11 is 0. The van der Waals surface area contributed by atoms with Gasteiger partial charge >= 0.3 is 11.9 Å². The van der Waals surface area contributed by atoms with Gasteiger partial charge in [-0.05, 0) is 32.1 Å². The Morgan fingerprint density at radius 1 is 0.321 bits per heavy atom. The van der Waals surface area contributed by atoms with Crippen LogP contribution >= 0.6 is 0 Å². The molecule has 0 aliphatic heterocycles. The number of ether oxygens (including phenoxy) is 2. The second-order valence-corrected chi connectivity index (χ2v) is 17.5. The molecule has 0 aliphatic carbocycles. The third-order valence-corrected chi connectivity index (χ3v) is 11.8. The van der Waals surface area contributed by atoms with Crippen LogP contribution in [0.4, 0.5) is 0 Å². The molecule has 0 saturated carbocycles. The molecule has 0 aromatic rings. The Kier molecular flexibility index (Phi) is 48.7. The van der Waals surface area contributed by atoms with E-state index in [1.807, 2.05) is 6.08 Å². The maximum absolute atomic E-state index is 12.0. The van der Waals surface area contributed by atoms with E-state index in [9.17, 15) is 9.59 Å². The zero-order valence-electron chi connectivity index (χ0n) is 38.3. The first-order valence-corrected chi connectivity index (χ1v) is 25.7. The molecule has 56 heavy (non-hydrogen) atoms. The van der Waals surface area contributed by atoms with Gasteiger partial charge in [-0.2, -0.15) is 0 Å². The summed E-state index contributed by atoms with van der Waals surface area (Å²) in [7, 11) is 0. The van der Waals surface area contributed by atoms with Crippen molar-refractivity contribution in [2.75, 3.05) is 13.2 Å². The number of esters is 2. The van der Waals surface area contributed by atoms with Crippen LogP contribution in [0, 0.1) is 0 Å². The van der Waals surface area contributed by atoms with E-state index in [1.165, 1.54) is 244 Å². The average Bonchev–Trinajstić information content (AvgIpc) is 3.20. The summed E-state index contributed by atoms with van der Waals surface area (Å²) in [6.45, 7) is 5.76. The Hall–Kier alpha value is -1.32. The summed E-state index contributed by atoms with van der Waals surface area (Å²) in [6, 6.07) is 0. The van der Waals surface area contributed by atoms with Crippen molar-refractivity contribution >= 4 is 11.9 Å². The van der Waals surface area contributed by atoms with Crippen molar-refractivity contribution < 1.29 is 19.1 Å². The van der Waals surface area contributed by atoms with Gasteiger partial charge in [0.15, 0.2) is 0 Å². The molecular formula is C52H100O4. The molecule has 4 nitrogen and oxygen atoms in total. The van der Waals surface area contributed by atoms with Gasteiger partial charge in [0.1, 0.15) is 0 Å². The molecule has 0 atom stereocenters. The minimum Gasteiger partial charge on any atom is -0.466 e. The van der Waals surface area contributed by atoms with Gasteiger partial charge in [-0.3, -0.25) is 4.79 Å². The van der Waals surface area contributed by atoms with Crippen LogP contribution in [0.15, 0.2) is 12.2 Å². The van der Waals surface area contributed by atoms with Crippen molar-refractivity contribution in [3.63, 3.8) is 0 Å². The van der Waals surface area contributed by atoms with Gasteiger partial charge < -0.3 is 9.47 Å². The molecule has 0 heterocycles. The van der Waals surface area contributed by atoms with Crippen LogP contribution in [0.3, 0.4) is 0 Å². The van der Waals surface area contributed by atoms with E-state index >= 15 is 0 Å². The first kappa shape index (κ1) is 54.7. The van der Waals surface area contributed by atoms with Crippen LogP contribution in [-0.2, 0) is 19.1 Å². The number of rotatable bonds is 48. The molecule has 0 aromatic heterocycles. The molecule has 0 rings (SSSR count). The molecule has 332 valence electrons. The lowest BCUT2D eigenvalue weighted by Gasteiger charge is -2.06. The highest BCUT2D eigenvalue weighted by atomic mass is 16.5. The predicted octanol–water partition coefficient (Wildman–Crippen LogP) is 17.8. The number of carbonyl (C=O) groups excluding carboxylic acids is 2. The first-order valence-electron chi connectivity index (χ1n) is 25.7. The van der Waals surface area contributed by atoms with Gasteiger partial charge in [0.25, 0.3) is 0 Å². The fourth-order valence-corrected chi connectivity index (χ4v) is 7.90. The van der Waals surface area contributed by atoms with Crippen molar-refractivity contribution in [1.29, 1.82) is 0 Å². The molecule has 0 radical (unpaired) electrons. The van der Waals surface area contributed by atoms with Gasteiger partial charge in [-0.25, -0.2) is 4.79 Å². The molecule has 0 fully saturated rings. The van der Waals surface area contributed by atoms with E-state index in [2.05, 4.69) is 13.8 Å². The first-order chi connectivity index (χ1) is 27.7. The van der Waals surface area contributed by atoms with E-state index < -0.39 is 0 Å². The molecule has 0 bridgehead atoms. The average molecular weight is 789 g/mol.